The Labute approximate surface area is 72.0 Å². The summed E-state index contributed by atoms with van der Waals surface area (Å²) in [5.41, 5.74) is -0.969. The van der Waals surface area contributed by atoms with Gasteiger partial charge in [0, 0.05) is 13.0 Å². The Kier molecular flexibility index (Phi) is 3.89. The minimum Gasteiger partial charge on any atom is -0.389 e. The smallest absolute Gasteiger partial charge is 0.287 e. The van der Waals surface area contributed by atoms with Crippen molar-refractivity contribution in [2.75, 3.05) is 6.54 Å². The molecule has 0 aromatic heterocycles. The summed E-state index contributed by atoms with van der Waals surface area (Å²) in [7, 11) is 0. The zero-order valence-electron chi connectivity index (χ0n) is 7.68. The van der Waals surface area contributed by atoms with Crippen molar-refractivity contribution in [3.05, 3.63) is 0 Å². The van der Waals surface area contributed by atoms with Crippen LogP contribution < -0.4 is 5.32 Å². The highest BCUT2D eigenvalue weighted by molar-refractivity contribution is 6.36. The average Bonchev–Trinajstić information content (AvgIpc) is 1.97. The standard InChI is InChI=1S/C8H15NO3/c1-4-6(10)7(11)9-5-8(2,3)12/h12H,4-5H2,1-3H3,(H,9,11). The molecule has 0 aromatic rings. The summed E-state index contributed by atoms with van der Waals surface area (Å²) in [6, 6.07) is 0. The molecule has 0 spiro atoms. The van der Waals surface area contributed by atoms with Crippen molar-refractivity contribution in [3.63, 3.8) is 0 Å². The molecule has 4 heteroatoms. The summed E-state index contributed by atoms with van der Waals surface area (Å²) in [5, 5.41) is 11.5. The molecule has 0 aliphatic carbocycles. The minimum absolute atomic E-state index is 0.0948. The van der Waals surface area contributed by atoms with Gasteiger partial charge in [-0.05, 0) is 13.8 Å². The quantitative estimate of drug-likeness (QED) is 0.581. The molecule has 0 unspecified atom stereocenters. The van der Waals surface area contributed by atoms with Gasteiger partial charge in [0.15, 0.2) is 0 Å². The van der Waals surface area contributed by atoms with Crippen LogP contribution in [0.15, 0.2) is 0 Å². The Hall–Kier alpha value is -0.900. The van der Waals surface area contributed by atoms with Crippen molar-refractivity contribution in [3.8, 4) is 0 Å². The molecule has 0 heterocycles. The van der Waals surface area contributed by atoms with E-state index >= 15 is 0 Å². The molecule has 0 radical (unpaired) electrons. The largest absolute Gasteiger partial charge is 0.389 e. The Bertz CT molecular complexity index is 181. The van der Waals surface area contributed by atoms with Gasteiger partial charge in [-0.3, -0.25) is 9.59 Å². The fourth-order valence-electron chi connectivity index (χ4n) is 0.556. The monoisotopic (exact) mass is 173 g/mol. The van der Waals surface area contributed by atoms with Gasteiger partial charge in [-0.1, -0.05) is 6.92 Å². The van der Waals surface area contributed by atoms with Crippen molar-refractivity contribution in [2.24, 2.45) is 0 Å². The first-order chi connectivity index (χ1) is 5.37. The molecule has 1 amide bonds. The van der Waals surface area contributed by atoms with Crippen molar-refractivity contribution in [1.29, 1.82) is 0 Å². The third-order valence-electron chi connectivity index (χ3n) is 1.26. The molecule has 0 atom stereocenters. The van der Waals surface area contributed by atoms with Crippen LogP contribution in [0.5, 0.6) is 0 Å². The first kappa shape index (κ1) is 11.1. The number of rotatable bonds is 4. The third-order valence-corrected chi connectivity index (χ3v) is 1.26. The van der Waals surface area contributed by atoms with Gasteiger partial charge in [0.25, 0.3) is 5.91 Å². The van der Waals surface area contributed by atoms with Crippen LogP contribution in [0.25, 0.3) is 0 Å². The van der Waals surface area contributed by atoms with E-state index in [1.165, 1.54) is 0 Å². The van der Waals surface area contributed by atoms with E-state index in [9.17, 15) is 14.7 Å². The summed E-state index contributed by atoms with van der Waals surface area (Å²) in [5.74, 6) is -1.08. The Morgan fingerprint density at radius 1 is 1.42 bits per heavy atom. The normalized spacial score (nSPS) is 11.0. The summed E-state index contributed by atoms with van der Waals surface area (Å²) in [6.45, 7) is 4.83. The number of amides is 1. The topological polar surface area (TPSA) is 66.4 Å². The van der Waals surface area contributed by atoms with Gasteiger partial charge in [-0.2, -0.15) is 0 Å². The van der Waals surface area contributed by atoms with Crippen LogP contribution in [0.1, 0.15) is 27.2 Å². The summed E-state index contributed by atoms with van der Waals surface area (Å²) in [4.78, 5) is 21.6. The number of Topliss-reactive ketones (excluding diaryl/α,β-unsaturated/α-hetero) is 1. The van der Waals surface area contributed by atoms with Gasteiger partial charge in [0.05, 0.1) is 5.60 Å². The summed E-state index contributed by atoms with van der Waals surface area (Å²) >= 11 is 0. The minimum atomic E-state index is -0.969. The number of hydrogen-bond acceptors (Lipinski definition) is 3. The predicted molar refractivity (Wildman–Crippen MR) is 44.6 cm³/mol. The molecule has 0 fully saturated rings. The number of hydrogen-bond donors (Lipinski definition) is 2. The lowest BCUT2D eigenvalue weighted by Gasteiger charge is -2.16. The van der Waals surface area contributed by atoms with E-state index in [4.69, 9.17) is 0 Å². The SMILES string of the molecule is CCC(=O)C(=O)NCC(C)(C)O. The molecule has 12 heavy (non-hydrogen) atoms. The van der Waals surface area contributed by atoms with E-state index in [1.54, 1.807) is 20.8 Å². The van der Waals surface area contributed by atoms with Crippen LogP contribution in [0, 0.1) is 0 Å². The third kappa shape index (κ3) is 4.85. The molecule has 0 saturated carbocycles. The first-order valence-electron chi connectivity index (χ1n) is 3.90. The fourth-order valence-corrected chi connectivity index (χ4v) is 0.556. The van der Waals surface area contributed by atoms with Gasteiger partial charge in [-0.25, -0.2) is 0 Å². The zero-order chi connectivity index (χ0) is 9.78. The van der Waals surface area contributed by atoms with Gasteiger partial charge >= 0.3 is 0 Å². The number of carbonyl (C=O) groups is 2. The van der Waals surface area contributed by atoms with E-state index in [1.807, 2.05) is 0 Å². The van der Waals surface area contributed by atoms with Crippen LogP contribution in [-0.4, -0.2) is 28.9 Å². The highest BCUT2D eigenvalue weighted by atomic mass is 16.3. The molecule has 0 aromatic carbocycles. The van der Waals surface area contributed by atoms with Crippen LogP contribution >= 0.6 is 0 Å². The molecule has 0 rings (SSSR count). The van der Waals surface area contributed by atoms with E-state index in [0.29, 0.717) is 0 Å². The van der Waals surface area contributed by atoms with Gasteiger partial charge < -0.3 is 10.4 Å². The van der Waals surface area contributed by atoms with Gasteiger partial charge in [-0.15, -0.1) is 0 Å². The van der Waals surface area contributed by atoms with Crippen LogP contribution in [0.3, 0.4) is 0 Å². The second-order valence-electron chi connectivity index (χ2n) is 3.27. The van der Waals surface area contributed by atoms with E-state index in [2.05, 4.69) is 5.32 Å². The molecule has 70 valence electrons. The van der Waals surface area contributed by atoms with Crippen LogP contribution in [0.2, 0.25) is 0 Å². The predicted octanol–water partition coefficient (Wildman–Crippen LogP) is -0.147. The molecular formula is C8H15NO3. The van der Waals surface area contributed by atoms with E-state index < -0.39 is 17.3 Å². The second kappa shape index (κ2) is 4.21. The molecule has 0 saturated heterocycles. The molecule has 2 N–H and O–H groups in total. The zero-order valence-corrected chi connectivity index (χ0v) is 7.68. The Morgan fingerprint density at radius 3 is 2.25 bits per heavy atom. The number of aliphatic hydroxyl groups is 1. The van der Waals surface area contributed by atoms with Crippen LogP contribution in [0.4, 0.5) is 0 Å². The van der Waals surface area contributed by atoms with E-state index in [-0.39, 0.29) is 13.0 Å². The molecule has 0 bridgehead atoms. The van der Waals surface area contributed by atoms with Gasteiger partial charge in [0.1, 0.15) is 0 Å². The summed E-state index contributed by atoms with van der Waals surface area (Å²) in [6.07, 6.45) is 0.192. The maximum Gasteiger partial charge on any atom is 0.287 e. The number of nitrogens with one attached hydrogen (secondary N) is 1. The average molecular weight is 173 g/mol. The molecular weight excluding hydrogens is 158 g/mol. The molecule has 0 aliphatic heterocycles. The van der Waals surface area contributed by atoms with Crippen molar-refractivity contribution in [1.82, 2.24) is 5.32 Å². The lowest BCUT2D eigenvalue weighted by Crippen LogP contribution is -2.41. The van der Waals surface area contributed by atoms with Crippen molar-refractivity contribution >= 4 is 11.7 Å². The van der Waals surface area contributed by atoms with Gasteiger partial charge in [0.2, 0.25) is 5.78 Å². The maximum atomic E-state index is 10.8. The Balaban J connectivity index is 3.80. The molecule has 0 aliphatic rings. The molecule has 4 nitrogen and oxygen atoms in total. The first-order valence-corrected chi connectivity index (χ1v) is 3.90. The van der Waals surface area contributed by atoms with E-state index in [0.717, 1.165) is 0 Å². The highest BCUT2D eigenvalue weighted by Crippen LogP contribution is 1.97. The lowest BCUT2D eigenvalue weighted by molar-refractivity contribution is -0.138. The van der Waals surface area contributed by atoms with Crippen LogP contribution in [-0.2, 0) is 9.59 Å². The van der Waals surface area contributed by atoms with Crippen molar-refractivity contribution in [2.45, 2.75) is 32.8 Å². The second-order valence-corrected chi connectivity index (χ2v) is 3.27. The number of carbonyl (C=O) groups excluding carboxylic acids is 2. The maximum absolute atomic E-state index is 10.8. The summed E-state index contributed by atoms with van der Waals surface area (Å²) < 4.78 is 0. The lowest BCUT2D eigenvalue weighted by atomic mass is 10.1. The fraction of sp³-hybridized carbons (Fsp3) is 0.750. The Morgan fingerprint density at radius 2 is 1.92 bits per heavy atom. The number of ketones is 1. The highest BCUT2D eigenvalue weighted by Gasteiger charge is 2.16. The van der Waals surface area contributed by atoms with Crippen molar-refractivity contribution < 1.29 is 14.7 Å².